The van der Waals surface area contributed by atoms with E-state index in [2.05, 4.69) is 6.07 Å². The molecule has 1 aliphatic heterocycles. The summed E-state index contributed by atoms with van der Waals surface area (Å²) in [5.41, 5.74) is 2.45. The summed E-state index contributed by atoms with van der Waals surface area (Å²) in [5.74, 6) is 0.350. The molecule has 5 nitrogen and oxygen atoms in total. The molecule has 28 heavy (non-hydrogen) atoms. The molecule has 0 saturated carbocycles. The van der Waals surface area contributed by atoms with E-state index in [9.17, 15) is 9.59 Å². The number of nitrogens with zero attached hydrogens (tertiary/aromatic N) is 2. The van der Waals surface area contributed by atoms with Gasteiger partial charge in [-0.05, 0) is 79.4 Å². The Morgan fingerprint density at radius 1 is 1.18 bits per heavy atom. The molecular formula is C23H36N2O3. The number of hydrogen-bond donors (Lipinski definition) is 0. The van der Waals surface area contributed by atoms with E-state index in [1.165, 1.54) is 0 Å². The number of rotatable bonds is 4. The summed E-state index contributed by atoms with van der Waals surface area (Å²) in [6, 6.07) is 6.05. The van der Waals surface area contributed by atoms with E-state index < -0.39 is 5.60 Å². The van der Waals surface area contributed by atoms with Gasteiger partial charge in [-0.2, -0.15) is 0 Å². The third-order valence-corrected chi connectivity index (χ3v) is 4.98. The van der Waals surface area contributed by atoms with Crippen molar-refractivity contribution in [3.8, 4) is 0 Å². The molecule has 0 unspecified atom stereocenters. The predicted molar refractivity (Wildman–Crippen MR) is 113 cm³/mol. The SMILES string of the molecule is Cc1cc(C)cc(C(=O)N2CCC[C@@H](CN(C(=O)OC(C)(C)C)C(C)C)C2)c1. The summed E-state index contributed by atoms with van der Waals surface area (Å²) >= 11 is 0. The lowest BCUT2D eigenvalue weighted by atomic mass is 9.96. The van der Waals surface area contributed by atoms with Gasteiger partial charge in [-0.15, -0.1) is 0 Å². The second-order valence-electron chi connectivity index (χ2n) is 9.36. The van der Waals surface area contributed by atoms with Gasteiger partial charge in [-0.1, -0.05) is 17.2 Å². The van der Waals surface area contributed by atoms with Crippen LogP contribution in [0.3, 0.4) is 0 Å². The number of carbonyl (C=O) groups excluding carboxylic acids is 2. The summed E-state index contributed by atoms with van der Waals surface area (Å²) in [6.07, 6.45) is 1.70. The molecule has 1 atom stereocenters. The smallest absolute Gasteiger partial charge is 0.410 e. The minimum absolute atomic E-state index is 0.0559. The molecule has 1 aliphatic rings. The second-order valence-corrected chi connectivity index (χ2v) is 9.36. The monoisotopic (exact) mass is 388 g/mol. The topological polar surface area (TPSA) is 49.9 Å². The van der Waals surface area contributed by atoms with Crippen LogP contribution in [0.25, 0.3) is 0 Å². The fourth-order valence-electron chi connectivity index (χ4n) is 3.77. The van der Waals surface area contributed by atoms with Crippen LogP contribution in [0.2, 0.25) is 0 Å². The number of hydrogen-bond acceptors (Lipinski definition) is 3. The Morgan fingerprint density at radius 2 is 1.79 bits per heavy atom. The fourth-order valence-corrected chi connectivity index (χ4v) is 3.77. The van der Waals surface area contributed by atoms with Crippen LogP contribution in [0.5, 0.6) is 0 Å². The maximum absolute atomic E-state index is 13.0. The van der Waals surface area contributed by atoms with Crippen molar-refractivity contribution >= 4 is 12.0 Å². The Balaban J connectivity index is 2.06. The first-order chi connectivity index (χ1) is 13.0. The first kappa shape index (κ1) is 22.3. The van der Waals surface area contributed by atoms with Crippen LogP contribution in [-0.4, -0.2) is 53.1 Å². The van der Waals surface area contributed by atoms with Gasteiger partial charge in [-0.25, -0.2) is 4.79 Å². The molecular weight excluding hydrogens is 352 g/mol. The fraction of sp³-hybridized carbons (Fsp3) is 0.652. The molecule has 0 bridgehead atoms. The Bertz CT molecular complexity index is 686. The van der Waals surface area contributed by atoms with Gasteiger partial charge in [0.25, 0.3) is 5.91 Å². The average molecular weight is 389 g/mol. The second kappa shape index (κ2) is 8.97. The van der Waals surface area contributed by atoms with Crippen molar-refractivity contribution in [1.29, 1.82) is 0 Å². The lowest BCUT2D eigenvalue weighted by Crippen LogP contribution is -2.48. The molecule has 0 spiro atoms. The van der Waals surface area contributed by atoms with Gasteiger partial charge in [0.2, 0.25) is 0 Å². The minimum atomic E-state index is -0.512. The van der Waals surface area contributed by atoms with E-state index in [-0.39, 0.29) is 24.0 Å². The highest BCUT2D eigenvalue weighted by atomic mass is 16.6. The molecule has 1 fully saturated rings. The van der Waals surface area contributed by atoms with Crippen molar-refractivity contribution in [1.82, 2.24) is 9.80 Å². The highest BCUT2D eigenvalue weighted by Crippen LogP contribution is 2.22. The van der Waals surface area contributed by atoms with Crippen LogP contribution in [0.4, 0.5) is 4.79 Å². The third kappa shape index (κ3) is 6.25. The molecule has 5 heteroatoms. The van der Waals surface area contributed by atoms with Crippen molar-refractivity contribution < 1.29 is 14.3 Å². The molecule has 156 valence electrons. The summed E-state index contributed by atoms with van der Waals surface area (Å²) in [5, 5.41) is 0. The lowest BCUT2D eigenvalue weighted by Gasteiger charge is -2.37. The maximum atomic E-state index is 13.0. The van der Waals surface area contributed by atoms with E-state index in [1.54, 1.807) is 4.90 Å². The molecule has 1 aromatic rings. The van der Waals surface area contributed by atoms with E-state index in [4.69, 9.17) is 4.74 Å². The van der Waals surface area contributed by atoms with Gasteiger partial charge in [0.1, 0.15) is 5.60 Å². The van der Waals surface area contributed by atoms with Gasteiger partial charge in [0, 0.05) is 31.2 Å². The normalized spacial score (nSPS) is 17.6. The molecule has 0 radical (unpaired) electrons. The maximum Gasteiger partial charge on any atom is 0.410 e. The molecule has 0 aliphatic carbocycles. The van der Waals surface area contributed by atoms with Crippen LogP contribution < -0.4 is 0 Å². The molecule has 0 aromatic heterocycles. The Hall–Kier alpha value is -2.04. The molecule has 0 N–H and O–H groups in total. The average Bonchev–Trinajstić information content (AvgIpc) is 2.56. The highest BCUT2D eigenvalue weighted by molar-refractivity contribution is 5.94. The molecule has 1 saturated heterocycles. The van der Waals surface area contributed by atoms with Crippen LogP contribution in [0, 0.1) is 19.8 Å². The first-order valence-electron chi connectivity index (χ1n) is 10.3. The first-order valence-corrected chi connectivity index (χ1v) is 10.3. The minimum Gasteiger partial charge on any atom is -0.444 e. The summed E-state index contributed by atoms with van der Waals surface area (Å²) in [6.45, 7) is 15.8. The van der Waals surface area contributed by atoms with E-state index in [0.717, 1.165) is 36.1 Å². The van der Waals surface area contributed by atoms with Crippen molar-refractivity contribution in [3.63, 3.8) is 0 Å². The number of benzene rings is 1. The van der Waals surface area contributed by atoms with Crippen LogP contribution in [0.15, 0.2) is 18.2 Å². The van der Waals surface area contributed by atoms with E-state index in [0.29, 0.717) is 13.1 Å². The van der Waals surface area contributed by atoms with Gasteiger partial charge < -0.3 is 14.5 Å². The number of piperidine rings is 1. The highest BCUT2D eigenvalue weighted by Gasteiger charge is 2.30. The number of carbonyl (C=O) groups is 2. The quantitative estimate of drug-likeness (QED) is 0.744. The summed E-state index contributed by atoms with van der Waals surface area (Å²) < 4.78 is 5.58. The lowest BCUT2D eigenvalue weighted by molar-refractivity contribution is 0.0124. The summed E-state index contributed by atoms with van der Waals surface area (Å²) in [4.78, 5) is 29.4. The predicted octanol–water partition coefficient (Wildman–Crippen LogP) is 4.80. The van der Waals surface area contributed by atoms with Crippen LogP contribution in [0.1, 0.15) is 68.9 Å². The Labute approximate surface area is 170 Å². The van der Waals surface area contributed by atoms with E-state index in [1.807, 2.05) is 65.5 Å². The van der Waals surface area contributed by atoms with Crippen molar-refractivity contribution in [3.05, 3.63) is 34.9 Å². The number of aryl methyl sites for hydroxylation is 2. The number of ether oxygens (including phenoxy) is 1. The van der Waals surface area contributed by atoms with Gasteiger partial charge in [0.05, 0.1) is 0 Å². The van der Waals surface area contributed by atoms with Gasteiger partial charge >= 0.3 is 6.09 Å². The van der Waals surface area contributed by atoms with Gasteiger partial charge in [-0.3, -0.25) is 4.79 Å². The molecule has 2 rings (SSSR count). The van der Waals surface area contributed by atoms with Crippen molar-refractivity contribution in [2.45, 2.75) is 73.0 Å². The zero-order chi connectivity index (χ0) is 21.1. The largest absolute Gasteiger partial charge is 0.444 e. The Kier molecular flexibility index (Phi) is 7.13. The molecule has 1 aromatic carbocycles. The molecule has 1 heterocycles. The van der Waals surface area contributed by atoms with E-state index >= 15 is 0 Å². The Morgan fingerprint density at radius 3 is 2.32 bits per heavy atom. The standard InChI is InChI=1S/C23H36N2O3/c1-16(2)25(22(27)28-23(5,6)7)15-19-9-8-10-24(14-19)21(26)20-12-17(3)11-18(4)13-20/h11-13,16,19H,8-10,14-15H2,1-7H3/t19-/m1/s1. The zero-order valence-electron chi connectivity index (χ0n) is 18.5. The third-order valence-electron chi connectivity index (χ3n) is 4.98. The summed E-state index contributed by atoms with van der Waals surface area (Å²) in [7, 11) is 0. The van der Waals surface area contributed by atoms with Crippen molar-refractivity contribution in [2.24, 2.45) is 5.92 Å². The van der Waals surface area contributed by atoms with Crippen LogP contribution >= 0.6 is 0 Å². The van der Waals surface area contributed by atoms with Gasteiger partial charge in [0.15, 0.2) is 0 Å². The molecule has 2 amide bonds. The zero-order valence-corrected chi connectivity index (χ0v) is 18.5. The number of likely N-dealkylation sites (tertiary alicyclic amines) is 1. The van der Waals surface area contributed by atoms with Crippen LogP contribution in [-0.2, 0) is 4.74 Å². The van der Waals surface area contributed by atoms with Crippen molar-refractivity contribution in [2.75, 3.05) is 19.6 Å². The number of amides is 2.